The van der Waals surface area contributed by atoms with Gasteiger partial charge in [-0.3, -0.25) is 9.52 Å². The minimum atomic E-state index is -4.05. The van der Waals surface area contributed by atoms with E-state index >= 15 is 0 Å². The molecule has 0 saturated heterocycles. The van der Waals surface area contributed by atoms with Crippen LogP contribution in [0.2, 0.25) is 0 Å². The number of ether oxygens (including phenoxy) is 1. The van der Waals surface area contributed by atoms with Gasteiger partial charge in [0.2, 0.25) is 0 Å². The van der Waals surface area contributed by atoms with Gasteiger partial charge in [-0.15, -0.1) is 0 Å². The molecule has 156 valence electrons. The molecular weight excluding hydrogens is 407 g/mol. The van der Waals surface area contributed by atoms with Crippen molar-refractivity contribution in [2.75, 3.05) is 17.1 Å². The van der Waals surface area contributed by atoms with E-state index in [1.165, 1.54) is 25.3 Å². The standard InChI is InChI=1S/C22H21FN2O4S/c1-14-9-10-17(23)12-21(14)30(27,28)25-19-11-15(2)18(13-20(19)29-3)24-22(26)16-7-5-4-6-8-16/h4-13,25H,1-3H3,(H,24,26). The highest BCUT2D eigenvalue weighted by Crippen LogP contribution is 2.33. The number of nitrogens with one attached hydrogen (secondary N) is 2. The van der Waals surface area contributed by atoms with E-state index in [4.69, 9.17) is 4.74 Å². The fourth-order valence-corrected chi connectivity index (χ4v) is 4.24. The summed E-state index contributed by atoms with van der Waals surface area (Å²) in [5.41, 5.74) is 2.17. The van der Waals surface area contributed by atoms with Crippen LogP contribution < -0.4 is 14.8 Å². The first-order valence-corrected chi connectivity index (χ1v) is 10.5. The van der Waals surface area contributed by atoms with E-state index in [9.17, 15) is 17.6 Å². The Morgan fingerprint density at radius 2 is 1.63 bits per heavy atom. The summed E-state index contributed by atoms with van der Waals surface area (Å²) in [6, 6.07) is 15.3. The summed E-state index contributed by atoms with van der Waals surface area (Å²) in [5.74, 6) is -0.742. The first kappa shape index (κ1) is 21.3. The average molecular weight is 428 g/mol. The lowest BCUT2D eigenvalue weighted by Crippen LogP contribution is -2.16. The van der Waals surface area contributed by atoms with Crippen LogP contribution in [0.3, 0.4) is 0 Å². The van der Waals surface area contributed by atoms with Crippen molar-refractivity contribution in [3.05, 3.63) is 83.2 Å². The summed E-state index contributed by atoms with van der Waals surface area (Å²) < 4.78 is 46.9. The molecule has 30 heavy (non-hydrogen) atoms. The van der Waals surface area contributed by atoms with Crippen LogP contribution in [0.15, 0.2) is 65.6 Å². The zero-order chi connectivity index (χ0) is 21.9. The Kier molecular flexibility index (Phi) is 6.07. The molecule has 0 aliphatic rings. The molecule has 0 aliphatic carbocycles. The van der Waals surface area contributed by atoms with Gasteiger partial charge in [0.05, 0.1) is 17.7 Å². The molecule has 0 spiro atoms. The van der Waals surface area contributed by atoms with Gasteiger partial charge in [-0.1, -0.05) is 24.3 Å². The second-order valence-corrected chi connectivity index (χ2v) is 8.35. The molecule has 0 aromatic heterocycles. The lowest BCUT2D eigenvalue weighted by molar-refractivity contribution is 0.102. The molecular formula is C22H21FN2O4S. The van der Waals surface area contributed by atoms with Crippen LogP contribution in [-0.4, -0.2) is 21.4 Å². The molecule has 6 nitrogen and oxygen atoms in total. The Balaban J connectivity index is 1.92. The largest absolute Gasteiger partial charge is 0.494 e. The number of sulfonamides is 1. The highest BCUT2D eigenvalue weighted by molar-refractivity contribution is 7.92. The van der Waals surface area contributed by atoms with Gasteiger partial charge in [-0.05, 0) is 55.3 Å². The number of hydrogen-bond acceptors (Lipinski definition) is 4. The van der Waals surface area contributed by atoms with E-state index in [2.05, 4.69) is 10.0 Å². The second kappa shape index (κ2) is 8.54. The van der Waals surface area contributed by atoms with Gasteiger partial charge in [0.15, 0.2) is 0 Å². The maximum Gasteiger partial charge on any atom is 0.262 e. The lowest BCUT2D eigenvalue weighted by Gasteiger charge is -2.17. The zero-order valence-electron chi connectivity index (χ0n) is 16.7. The van der Waals surface area contributed by atoms with E-state index in [-0.39, 0.29) is 22.2 Å². The van der Waals surface area contributed by atoms with Crippen LogP contribution in [0.1, 0.15) is 21.5 Å². The van der Waals surface area contributed by atoms with E-state index < -0.39 is 15.8 Å². The van der Waals surface area contributed by atoms with Gasteiger partial charge in [0.1, 0.15) is 11.6 Å². The van der Waals surface area contributed by atoms with Crippen molar-refractivity contribution in [2.45, 2.75) is 18.7 Å². The second-order valence-electron chi connectivity index (χ2n) is 6.70. The third kappa shape index (κ3) is 4.60. The number of aryl methyl sites for hydroxylation is 2. The van der Waals surface area contributed by atoms with E-state index in [1.54, 1.807) is 44.2 Å². The number of rotatable bonds is 6. The smallest absolute Gasteiger partial charge is 0.262 e. The number of carbonyl (C=O) groups is 1. The van der Waals surface area contributed by atoms with Crippen LogP contribution in [0.4, 0.5) is 15.8 Å². The zero-order valence-corrected chi connectivity index (χ0v) is 17.5. The minimum absolute atomic E-state index is 0.163. The first-order chi connectivity index (χ1) is 14.2. The molecule has 0 bridgehead atoms. The Bertz CT molecular complexity index is 1200. The molecule has 3 aromatic carbocycles. The minimum Gasteiger partial charge on any atom is -0.494 e. The van der Waals surface area contributed by atoms with Crippen LogP contribution in [0.5, 0.6) is 5.75 Å². The molecule has 3 rings (SSSR count). The summed E-state index contributed by atoms with van der Waals surface area (Å²) in [4.78, 5) is 12.3. The fraction of sp³-hybridized carbons (Fsp3) is 0.136. The highest BCUT2D eigenvalue weighted by atomic mass is 32.2. The fourth-order valence-electron chi connectivity index (χ4n) is 2.92. The molecule has 0 heterocycles. The average Bonchev–Trinajstić information content (AvgIpc) is 2.72. The van der Waals surface area contributed by atoms with Crippen LogP contribution >= 0.6 is 0 Å². The topological polar surface area (TPSA) is 84.5 Å². The number of benzene rings is 3. The molecule has 0 aliphatic heterocycles. The van der Waals surface area contributed by atoms with Crippen molar-refractivity contribution < 1.29 is 22.3 Å². The van der Waals surface area contributed by atoms with Crippen LogP contribution in [0, 0.1) is 19.7 Å². The van der Waals surface area contributed by atoms with Crippen molar-refractivity contribution in [2.24, 2.45) is 0 Å². The van der Waals surface area contributed by atoms with E-state index in [0.29, 0.717) is 22.4 Å². The van der Waals surface area contributed by atoms with Gasteiger partial charge in [-0.25, -0.2) is 12.8 Å². The van der Waals surface area contributed by atoms with Crippen LogP contribution in [-0.2, 0) is 10.0 Å². The lowest BCUT2D eigenvalue weighted by atomic mass is 10.1. The summed E-state index contributed by atoms with van der Waals surface area (Å²) >= 11 is 0. The first-order valence-electron chi connectivity index (χ1n) is 9.05. The number of hydrogen-bond donors (Lipinski definition) is 2. The predicted molar refractivity (Wildman–Crippen MR) is 114 cm³/mol. The molecule has 1 amide bonds. The van der Waals surface area contributed by atoms with Crippen molar-refractivity contribution in [1.82, 2.24) is 0 Å². The molecule has 8 heteroatoms. The molecule has 2 N–H and O–H groups in total. The quantitative estimate of drug-likeness (QED) is 0.605. The third-order valence-corrected chi connectivity index (χ3v) is 6.02. The van der Waals surface area contributed by atoms with Gasteiger partial charge >= 0.3 is 0 Å². The Hall–Kier alpha value is -3.39. The molecule has 0 fully saturated rings. The maximum atomic E-state index is 13.6. The summed E-state index contributed by atoms with van der Waals surface area (Å²) in [6.07, 6.45) is 0. The number of methoxy groups -OCH3 is 1. The maximum absolute atomic E-state index is 13.6. The number of amides is 1. The number of carbonyl (C=O) groups excluding carboxylic acids is 1. The molecule has 3 aromatic rings. The highest BCUT2D eigenvalue weighted by Gasteiger charge is 2.21. The normalized spacial score (nSPS) is 11.1. The van der Waals surface area contributed by atoms with E-state index in [0.717, 1.165) is 6.07 Å². The summed E-state index contributed by atoms with van der Waals surface area (Å²) in [7, 11) is -2.66. The molecule has 0 atom stereocenters. The third-order valence-electron chi connectivity index (χ3n) is 4.51. The number of halogens is 1. The van der Waals surface area contributed by atoms with E-state index in [1.807, 2.05) is 6.07 Å². The van der Waals surface area contributed by atoms with Crippen molar-refractivity contribution in [3.63, 3.8) is 0 Å². The van der Waals surface area contributed by atoms with Gasteiger partial charge < -0.3 is 10.1 Å². The molecule has 0 saturated carbocycles. The van der Waals surface area contributed by atoms with Gasteiger partial charge in [0, 0.05) is 17.3 Å². The van der Waals surface area contributed by atoms with Crippen molar-refractivity contribution in [1.29, 1.82) is 0 Å². The Morgan fingerprint density at radius 1 is 0.933 bits per heavy atom. The van der Waals surface area contributed by atoms with Crippen molar-refractivity contribution in [3.8, 4) is 5.75 Å². The van der Waals surface area contributed by atoms with Gasteiger partial charge in [-0.2, -0.15) is 0 Å². The Morgan fingerprint density at radius 3 is 2.30 bits per heavy atom. The predicted octanol–water partition coefficient (Wildman–Crippen LogP) is 4.50. The van der Waals surface area contributed by atoms with Crippen LogP contribution in [0.25, 0.3) is 0 Å². The van der Waals surface area contributed by atoms with Crippen molar-refractivity contribution >= 4 is 27.3 Å². The Labute approximate surface area is 174 Å². The SMILES string of the molecule is COc1cc(NC(=O)c2ccccc2)c(C)cc1NS(=O)(=O)c1cc(F)ccc1C. The number of anilines is 2. The summed E-state index contributed by atoms with van der Waals surface area (Å²) in [5, 5.41) is 2.79. The van der Waals surface area contributed by atoms with Gasteiger partial charge in [0.25, 0.3) is 15.9 Å². The molecule has 0 unspecified atom stereocenters. The summed E-state index contributed by atoms with van der Waals surface area (Å²) in [6.45, 7) is 3.31. The monoisotopic (exact) mass is 428 g/mol. The molecule has 0 radical (unpaired) electrons.